The van der Waals surface area contributed by atoms with Crippen LogP contribution in [-0.2, 0) is 34.1 Å². The van der Waals surface area contributed by atoms with Crippen LogP contribution in [0.4, 0.5) is 0 Å². The first-order valence-corrected chi connectivity index (χ1v) is 11.3. The molecule has 1 aliphatic heterocycles. The average molecular weight is 391 g/mol. The zero-order valence-electron chi connectivity index (χ0n) is 14.6. The second kappa shape index (κ2) is 7.13. The fourth-order valence-corrected chi connectivity index (χ4v) is 6.30. The number of sulfonamides is 1. The van der Waals surface area contributed by atoms with Gasteiger partial charge in [-0.05, 0) is 47.4 Å². The number of fused-ring (bicyclic) bond motifs is 1. The van der Waals surface area contributed by atoms with Crippen LogP contribution < -0.4 is 0 Å². The number of amides is 1. The molecular formula is C19H22N2O3S2. The Morgan fingerprint density at radius 2 is 1.81 bits per heavy atom. The quantitative estimate of drug-likeness (QED) is 0.805. The van der Waals surface area contributed by atoms with Crippen LogP contribution in [0.2, 0.25) is 0 Å². The van der Waals surface area contributed by atoms with Gasteiger partial charge in [-0.25, -0.2) is 8.42 Å². The number of hydrogen-bond donors (Lipinski definition) is 0. The molecule has 1 aromatic heterocycles. The van der Waals surface area contributed by atoms with Gasteiger partial charge in [0.25, 0.3) is 10.0 Å². The van der Waals surface area contributed by atoms with Gasteiger partial charge < -0.3 is 4.90 Å². The molecule has 0 N–H and O–H groups in total. The smallest absolute Gasteiger partial charge is 0.252 e. The Kier molecular flexibility index (Phi) is 4.86. The maximum atomic E-state index is 12.6. The number of benzene rings is 1. The largest absolute Gasteiger partial charge is 0.340 e. The molecule has 4 rings (SSSR count). The number of hydrogen-bond acceptors (Lipinski definition) is 4. The van der Waals surface area contributed by atoms with Crippen LogP contribution in [0.3, 0.4) is 0 Å². The molecular weight excluding hydrogens is 368 g/mol. The first kappa shape index (κ1) is 17.7. The molecule has 2 aliphatic rings. The van der Waals surface area contributed by atoms with E-state index in [4.69, 9.17) is 0 Å². The Morgan fingerprint density at radius 1 is 1.04 bits per heavy atom. The van der Waals surface area contributed by atoms with E-state index in [1.165, 1.54) is 33.2 Å². The van der Waals surface area contributed by atoms with E-state index in [-0.39, 0.29) is 5.91 Å². The van der Waals surface area contributed by atoms with E-state index in [1.54, 1.807) is 22.4 Å². The molecule has 1 saturated heterocycles. The molecule has 0 spiro atoms. The second-order valence-corrected chi connectivity index (χ2v) is 9.96. The summed E-state index contributed by atoms with van der Waals surface area (Å²) in [6.07, 6.45) is 3.85. The topological polar surface area (TPSA) is 57.7 Å². The molecule has 1 aromatic carbocycles. The summed E-state index contributed by atoms with van der Waals surface area (Å²) in [5.74, 6) is 0.0797. The standard InChI is InChI=1S/C19H22N2O3S2/c22-18(14-15-6-7-16-3-1-4-17(16)13-15)20-8-10-21(11-9-20)26(23,24)19-5-2-12-25-19/h2,5-7,12-13H,1,3-4,8-11,14H2. The highest BCUT2D eigenvalue weighted by atomic mass is 32.2. The lowest BCUT2D eigenvalue weighted by Crippen LogP contribution is -2.50. The number of rotatable bonds is 4. The lowest BCUT2D eigenvalue weighted by atomic mass is 10.0. The van der Waals surface area contributed by atoms with E-state index in [1.807, 2.05) is 0 Å². The minimum atomic E-state index is -3.42. The molecule has 1 amide bonds. The molecule has 0 radical (unpaired) electrons. The van der Waals surface area contributed by atoms with Gasteiger partial charge in [0.15, 0.2) is 0 Å². The summed E-state index contributed by atoms with van der Waals surface area (Å²) in [6, 6.07) is 9.74. The van der Waals surface area contributed by atoms with Gasteiger partial charge in [-0.3, -0.25) is 4.79 Å². The summed E-state index contributed by atoms with van der Waals surface area (Å²) < 4.78 is 27.0. The molecule has 2 heterocycles. The van der Waals surface area contributed by atoms with Crippen molar-refractivity contribution >= 4 is 27.3 Å². The Morgan fingerprint density at radius 3 is 2.54 bits per heavy atom. The Bertz CT molecular complexity index is 899. The summed E-state index contributed by atoms with van der Waals surface area (Å²) >= 11 is 1.23. The first-order chi connectivity index (χ1) is 12.5. The maximum absolute atomic E-state index is 12.6. The van der Waals surface area contributed by atoms with Gasteiger partial charge >= 0.3 is 0 Å². The third kappa shape index (κ3) is 3.43. The molecule has 7 heteroatoms. The molecule has 1 aliphatic carbocycles. The average Bonchev–Trinajstić information content (AvgIpc) is 3.33. The predicted octanol–water partition coefficient (Wildman–Crippen LogP) is 2.31. The first-order valence-electron chi connectivity index (χ1n) is 8.96. The second-order valence-electron chi connectivity index (χ2n) is 6.85. The van der Waals surface area contributed by atoms with E-state index >= 15 is 0 Å². The lowest BCUT2D eigenvalue weighted by Gasteiger charge is -2.33. The van der Waals surface area contributed by atoms with Gasteiger partial charge in [0.2, 0.25) is 5.91 Å². The molecule has 0 atom stereocenters. The van der Waals surface area contributed by atoms with Gasteiger partial charge in [-0.1, -0.05) is 24.3 Å². The Labute approximate surface area is 158 Å². The van der Waals surface area contributed by atoms with Crippen LogP contribution in [0.25, 0.3) is 0 Å². The molecule has 5 nitrogen and oxygen atoms in total. The number of piperazine rings is 1. The van der Waals surface area contributed by atoms with E-state index < -0.39 is 10.0 Å². The zero-order valence-corrected chi connectivity index (χ0v) is 16.2. The molecule has 0 saturated carbocycles. The fraction of sp³-hybridized carbons (Fsp3) is 0.421. The normalized spacial score (nSPS) is 18.1. The Balaban J connectivity index is 1.36. The van der Waals surface area contributed by atoms with Gasteiger partial charge in [0.05, 0.1) is 6.42 Å². The summed E-state index contributed by atoms with van der Waals surface area (Å²) in [5.41, 5.74) is 3.85. The van der Waals surface area contributed by atoms with Crippen molar-refractivity contribution in [1.29, 1.82) is 0 Å². The number of nitrogens with zero attached hydrogens (tertiary/aromatic N) is 2. The SMILES string of the molecule is O=C(Cc1ccc2c(c1)CCC2)N1CCN(S(=O)(=O)c2cccs2)CC1. The van der Waals surface area contributed by atoms with E-state index in [0.29, 0.717) is 36.8 Å². The molecule has 2 aromatic rings. The van der Waals surface area contributed by atoms with Crippen LogP contribution in [0.1, 0.15) is 23.1 Å². The van der Waals surface area contributed by atoms with Crippen molar-refractivity contribution < 1.29 is 13.2 Å². The number of aryl methyl sites for hydroxylation is 2. The Hall–Kier alpha value is -1.70. The van der Waals surface area contributed by atoms with Crippen LogP contribution in [-0.4, -0.2) is 49.7 Å². The van der Waals surface area contributed by atoms with Gasteiger partial charge in [0.1, 0.15) is 4.21 Å². The van der Waals surface area contributed by atoms with Crippen molar-refractivity contribution in [1.82, 2.24) is 9.21 Å². The van der Waals surface area contributed by atoms with Gasteiger partial charge in [-0.15, -0.1) is 11.3 Å². The third-order valence-corrected chi connectivity index (χ3v) is 8.47. The summed E-state index contributed by atoms with van der Waals surface area (Å²) in [5, 5.41) is 1.77. The summed E-state index contributed by atoms with van der Waals surface area (Å²) in [6.45, 7) is 1.62. The zero-order chi connectivity index (χ0) is 18.1. The monoisotopic (exact) mass is 390 g/mol. The number of carbonyl (C=O) groups is 1. The predicted molar refractivity (Wildman–Crippen MR) is 102 cm³/mol. The highest BCUT2D eigenvalue weighted by molar-refractivity contribution is 7.91. The van der Waals surface area contributed by atoms with Crippen molar-refractivity contribution in [3.8, 4) is 0 Å². The molecule has 0 unspecified atom stereocenters. The van der Waals surface area contributed by atoms with Gasteiger partial charge in [-0.2, -0.15) is 4.31 Å². The van der Waals surface area contributed by atoms with E-state index in [2.05, 4.69) is 18.2 Å². The van der Waals surface area contributed by atoms with Crippen molar-refractivity contribution in [3.63, 3.8) is 0 Å². The molecule has 0 bridgehead atoms. The van der Waals surface area contributed by atoms with Crippen LogP contribution in [0, 0.1) is 0 Å². The molecule has 1 fully saturated rings. The molecule has 138 valence electrons. The highest BCUT2D eigenvalue weighted by Gasteiger charge is 2.30. The van der Waals surface area contributed by atoms with E-state index in [9.17, 15) is 13.2 Å². The van der Waals surface area contributed by atoms with Crippen LogP contribution in [0.5, 0.6) is 0 Å². The maximum Gasteiger partial charge on any atom is 0.252 e. The van der Waals surface area contributed by atoms with Crippen molar-refractivity contribution in [3.05, 3.63) is 52.4 Å². The summed E-state index contributed by atoms with van der Waals surface area (Å²) in [4.78, 5) is 14.4. The lowest BCUT2D eigenvalue weighted by molar-refractivity contribution is -0.131. The van der Waals surface area contributed by atoms with Crippen molar-refractivity contribution in [2.45, 2.75) is 29.9 Å². The fourth-order valence-electron chi connectivity index (χ4n) is 3.74. The van der Waals surface area contributed by atoms with E-state index in [0.717, 1.165) is 18.4 Å². The number of thiophene rings is 1. The van der Waals surface area contributed by atoms with Gasteiger partial charge in [0, 0.05) is 26.2 Å². The number of carbonyl (C=O) groups excluding carboxylic acids is 1. The molecule has 26 heavy (non-hydrogen) atoms. The van der Waals surface area contributed by atoms with Crippen molar-refractivity contribution in [2.24, 2.45) is 0 Å². The van der Waals surface area contributed by atoms with Crippen LogP contribution in [0.15, 0.2) is 39.9 Å². The minimum absolute atomic E-state index is 0.0797. The third-order valence-electron chi connectivity index (χ3n) is 5.20. The van der Waals surface area contributed by atoms with Crippen LogP contribution >= 0.6 is 11.3 Å². The minimum Gasteiger partial charge on any atom is -0.340 e. The highest BCUT2D eigenvalue weighted by Crippen LogP contribution is 2.24. The van der Waals surface area contributed by atoms with Crippen molar-refractivity contribution in [2.75, 3.05) is 26.2 Å². The summed E-state index contributed by atoms with van der Waals surface area (Å²) in [7, 11) is -3.42.